The van der Waals surface area contributed by atoms with Crippen LogP contribution >= 0.6 is 0 Å². The lowest BCUT2D eigenvalue weighted by molar-refractivity contribution is -0.141. The van der Waals surface area contributed by atoms with Crippen molar-refractivity contribution in [3.8, 4) is 5.75 Å². The number of aromatic nitrogens is 2. The second kappa shape index (κ2) is 7.59. The van der Waals surface area contributed by atoms with Gasteiger partial charge in [0.2, 0.25) is 0 Å². The number of aryl methyl sites for hydroxylation is 1. The molecule has 8 heteroatoms. The van der Waals surface area contributed by atoms with Gasteiger partial charge in [-0.2, -0.15) is 13.2 Å². The number of hydrogen-bond donors (Lipinski definition) is 1. The monoisotopic (exact) mass is 405 g/mol. The van der Waals surface area contributed by atoms with Gasteiger partial charge >= 0.3 is 6.18 Å². The summed E-state index contributed by atoms with van der Waals surface area (Å²) in [6, 6.07) is 7.44. The van der Waals surface area contributed by atoms with Crippen LogP contribution in [0, 0.1) is 12.7 Å². The number of halogens is 4. The Kier molecular flexibility index (Phi) is 5.12. The van der Waals surface area contributed by atoms with Crippen LogP contribution in [-0.2, 0) is 12.7 Å². The van der Waals surface area contributed by atoms with Crippen LogP contribution in [0.4, 0.5) is 17.6 Å². The summed E-state index contributed by atoms with van der Waals surface area (Å²) in [6.07, 6.45) is -0.593. The molecule has 0 spiro atoms. The van der Waals surface area contributed by atoms with E-state index in [2.05, 4.69) is 15.3 Å². The number of alkyl halides is 3. The van der Waals surface area contributed by atoms with Gasteiger partial charge in [-0.05, 0) is 49.4 Å². The molecule has 3 aromatic rings. The third-order valence-corrected chi connectivity index (χ3v) is 5.08. The highest BCUT2D eigenvalue weighted by molar-refractivity contribution is 5.85. The van der Waals surface area contributed by atoms with Crippen molar-refractivity contribution in [2.75, 3.05) is 0 Å². The molecular formula is C21H19F4N3O. The number of hydrogen-bond acceptors (Lipinski definition) is 4. The Hall–Kier alpha value is -2.74. The predicted octanol–water partition coefficient (Wildman–Crippen LogP) is 4.80. The van der Waals surface area contributed by atoms with Crippen LogP contribution in [0.5, 0.6) is 5.75 Å². The van der Waals surface area contributed by atoms with E-state index in [0.29, 0.717) is 24.9 Å². The first kappa shape index (κ1) is 19.6. The van der Waals surface area contributed by atoms with E-state index in [0.717, 1.165) is 28.7 Å². The Morgan fingerprint density at radius 3 is 2.69 bits per heavy atom. The highest BCUT2D eigenvalue weighted by atomic mass is 19.4. The zero-order chi connectivity index (χ0) is 20.6. The van der Waals surface area contributed by atoms with Crippen molar-refractivity contribution >= 4 is 10.8 Å². The molecule has 4 rings (SSSR count). The summed E-state index contributed by atoms with van der Waals surface area (Å²) in [4.78, 5) is 7.56. The van der Waals surface area contributed by atoms with Gasteiger partial charge in [0.1, 0.15) is 23.4 Å². The maximum absolute atomic E-state index is 14.3. The molecule has 1 saturated carbocycles. The van der Waals surface area contributed by atoms with Crippen LogP contribution in [0.15, 0.2) is 42.7 Å². The van der Waals surface area contributed by atoms with Crippen LogP contribution in [0.3, 0.4) is 0 Å². The largest absolute Gasteiger partial charge is 0.490 e. The van der Waals surface area contributed by atoms with E-state index in [1.807, 2.05) is 13.0 Å². The Morgan fingerprint density at radius 1 is 1.14 bits per heavy atom. The molecule has 29 heavy (non-hydrogen) atoms. The quantitative estimate of drug-likeness (QED) is 0.620. The van der Waals surface area contributed by atoms with Gasteiger partial charge in [-0.1, -0.05) is 0 Å². The van der Waals surface area contributed by atoms with Crippen LogP contribution in [0.25, 0.3) is 10.8 Å². The molecule has 0 aliphatic heterocycles. The standard InChI is InChI=1S/C21H19F4N3O/c1-12-6-17-13(10-27-12)2-3-19(22)18(17)11-28-14-7-16(8-14)29-15-4-5-26-20(9-15)21(23,24)25/h2-6,9-10,14,16,28H,7-8,11H2,1H3. The van der Waals surface area contributed by atoms with Crippen molar-refractivity contribution in [3.63, 3.8) is 0 Å². The molecule has 1 aliphatic rings. The van der Waals surface area contributed by atoms with E-state index < -0.39 is 11.9 Å². The van der Waals surface area contributed by atoms with E-state index in [1.165, 1.54) is 12.1 Å². The van der Waals surface area contributed by atoms with Gasteiger partial charge in [0.05, 0.1) is 0 Å². The number of pyridine rings is 2. The van der Waals surface area contributed by atoms with E-state index in [1.54, 1.807) is 12.3 Å². The van der Waals surface area contributed by atoms with E-state index in [-0.39, 0.29) is 23.7 Å². The summed E-state index contributed by atoms with van der Waals surface area (Å²) >= 11 is 0. The molecule has 1 aromatic carbocycles. The van der Waals surface area contributed by atoms with E-state index >= 15 is 0 Å². The lowest BCUT2D eigenvalue weighted by atomic mass is 9.89. The van der Waals surface area contributed by atoms with Crippen molar-refractivity contribution in [2.45, 2.75) is 44.6 Å². The minimum atomic E-state index is -4.50. The molecule has 2 heterocycles. The maximum Gasteiger partial charge on any atom is 0.433 e. The summed E-state index contributed by atoms with van der Waals surface area (Å²) in [5.74, 6) is -0.127. The van der Waals surface area contributed by atoms with Crippen molar-refractivity contribution in [1.82, 2.24) is 15.3 Å². The smallest absolute Gasteiger partial charge is 0.433 e. The molecule has 2 aromatic heterocycles. The molecule has 0 unspecified atom stereocenters. The number of rotatable bonds is 5. The topological polar surface area (TPSA) is 47.0 Å². The fourth-order valence-corrected chi connectivity index (χ4v) is 3.44. The molecule has 0 amide bonds. The Morgan fingerprint density at radius 2 is 1.93 bits per heavy atom. The zero-order valence-corrected chi connectivity index (χ0v) is 15.6. The van der Waals surface area contributed by atoms with Gasteiger partial charge in [0.25, 0.3) is 0 Å². The van der Waals surface area contributed by atoms with Gasteiger partial charge in [-0.15, -0.1) is 0 Å². The fourth-order valence-electron chi connectivity index (χ4n) is 3.44. The normalized spacial score (nSPS) is 19.2. The number of nitrogens with zero attached hydrogens (tertiary/aromatic N) is 2. The summed E-state index contributed by atoms with van der Waals surface area (Å²) < 4.78 is 58.1. The predicted molar refractivity (Wildman–Crippen MR) is 100.0 cm³/mol. The zero-order valence-electron chi connectivity index (χ0n) is 15.6. The first-order chi connectivity index (χ1) is 13.8. The molecule has 1 fully saturated rings. The molecule has 152 valence electrons. The Balaban J connectivity index is 1.35. The molecule has 0 atom stereocenters. The first-order valence-corrected chi connectivity index (χ1v) is 9.26. The third kappa shape index (κ3) is 4.32. The van der Waals surface area contributed by atoms with Crippen LogP contribution < -0.4 is 10.1 Å². The number of nitrogens with one attached hydrogen (secondary N) is 1. The second-order valence-corrected chi connectivity index (χ2v) is 7.24. The van der Waals surface area contributed by atoms with Crippen LogP contribution in [0.2, 0.25) is 0 Å². The van der Waals surface area contributed by atoms with Gasteiger partial charge in [0, 0.05) is 47.7 Å². The van der Waals surface area contributed by atoms with Crippen LogP contribution in [0.1, 0.15) is 29.8 Å². The average Bonchev–Trinajstić information content (AvgIpc) is 2.64. The summed E-state index contributed by atoms with van der Waals surface area (Å²) in [5, 5.41) is 5.01. The highest BCUT2D eigenvalue weighted by Gasteiger charge is 2.34. The number of fused-ring (bicyclic) bond motifs is 1. The summed E-state index contributed by atoms with van der Waals surface area (Å²) in [5.41, 5.74) is 0.429. The number of ether oxygens (including phenoxy) is 1. The molecule has 0 bridgehead atoms. The van der Waals surface area contributed by atoms with E-state index in [9.17, 15) is 17.6 Å². The van der Waals surface area contributed by atoms with Crippen LogP contribution in [-0.4, -0.2) is 22.1 Å². The average molecular weight is 405 g/mol. The SMILES string of the molecule is Cc1cc2c(CNC3CC(Oc4ccnc(C(F)(F)F)c4)C3)c(F)ccc2cn1. The third-order valence-electron chi connectivity index (χ3n) is 5.08. The molecule has 0 radical (unpaired) electrons. The maximum atomic E-state index is 14.3. The summed E-state index contributed by atoms with van der Waals surface area (Å²) in [7, 11) is 0. The van der Waals surface area contributed by atoms with E-state index in [4.69, 9.17) is 4.74 Å². The fraction of sp³-hybridized carbons (Fsp3) is 0.333. The van der Waals surface area contributed by atoms with Gasteiger partial charge in [-0.25, -0.2) is 4.39 Å². The molecule has 4 nitrogen and oxygen atoms in total. The lowest BCUT2D eigenvalue weighted by Gasteiger charge is -2.36. The minimum absolute atomic E-state index is 0.113. The van der Waals surface area contributed by atoms with Crippen molar-refractivity contribution in [3.05, 3.63) is 65.5 Å². The minimum Gasteiger partial charge on any atom is -0.490 e. The van der Waals surface area contributed by atoms with Gasteiger partial charge in [0.15, 0.2) is 0 Å². The van der Waals surface area contributed by atoms with Crippen molar-refractivity contribution < 1.29 is 22.3 Å². The molecular weight excluding hydrogens is 386 g/mol. The number of benzene rings is 1. The molecule has 1 N–H and O–H groups in total. The Bertz CT molecular complexity index is 1030. The van der Waals surface area contributed by atoms with Crippen molar-refractivity contribution in [2.24, 2.45) is 0 Å². The lowest BCUT2D eigenvalue weighted by Crippen LogP contribution is -2.46. The first-order valence-electron chi connectivity index (χ1n) is 9.26. The van der Waals surface area contributed by atoms with Gasteiger partial charge in [-0.3, -0.25) is 9.97 Å². The van der Waals surface area contributed by atoms with Crippen molar-refractivity contribution in [1.29, 1.82) is 0 Å². The highest BCUT2D eigenvalue weighted by Crippen LogP contribution is 2.32. The van der Waals surface area contributed by atoms with Gasteiger partial charge < -0.3 is 10.1 Å². The molecule has 1 aliphatic carbocycles. The second-order valence-electron chi connectivity index (χ2n) is 7.24. The summed E-state index contributed by atoms with van der Waals surface area (Å²) in [6.45, 7) is 2.22. The Labute approximate surface area is 164 Å². The molecule has 0 saturated heterocycles.